The summed E-state index contributed by atoms with van der Waals surface area (Å²) in [7, 11) is 0. The summed E-state index contributed by atoms with van der Waals surface area (Å²) in [6.07, 6.45) is 3.55. The Hall–Kier alpha value is -1.52. The normalized spacial score (nSPS) is 14.0. The van der Waals surface area contributed by atoms with Crippen molar-refractivity contribution in [2.24, 2.45) is 0 Å². The van der Waals surface area contributed by atoms with Crippen molar-refractivity contribution >= 4 is 67.0 Å². The van der Waals surface area contributed by atoms with Crippen molar-refractivity contribution in [1.29, 1.82) is 5.26 Å². The number of carbonyl (C=O) groups is 1. The summed E-state index contributed by atoms with van der Waals surface area (Å²) in [6.45, 7) is 1.66. The molecule has 1 aliphatic rings. The Labute approximate surface area is 196 Å². The fraction of sp³-hybridized carbons (Fsp3) is 0.238. The van der Waals surface area contributed by atoms with Gasteiger partial charge in [-0.05, 0) is 80.6 Å². The molecule has 0 atom stereocenters. The summed E-state index contributed by atoms with van der Waals surface area (Å²) in [5, 5.41) is 10.5. The Morgan fingerprint density at radius 1 is 1.17 bits per heavy atom. The van der Waals surface area contributed by atoms with E-state index in [1.165, 1.54) is 0 Å². The molecule has 0 radical (unpaired) electrons. The molecule has 1 amide bonds. The van der Waals surface area contributed by atoms with Crippen LogP contribution in [-0.2, 0) is 11.4 Å². The molecule has 0 N–H and O–H groups in total. The Bertz CT molecular complexity index is 989. The SMILES string of the molecule is N#C/C(=C\c1cc(Br)c(OCc2ccc(Cl)cc2Cl)c(Br)c1)C(=O)N1CCCC1. The monoisotopic (exact) mass is 556 g/mol. The summed E-state index contributed by atoms with van der Waals surface area (Å²) in [5.74, 6) is 0.368. The Morgan fingerprint density at radius 2 is 1.83 bits per heavy atom. The molecule has 1 heterocycles. The summed E-state index contributed by atoms with van der Waals surface area (Å²) >= 11 is 19.1. The van der Waals surface area contributed by atoms with E-state index in [2.05, 4.69) is 31.9 Å². The number of ether oxygens (including phenoxy) is 1. The average molecular weight is 559 g/mol. The molecule has 0 spiro atoms. The highest BCUT2D eigenvalue weighted by Crippen LogP contribution is 2.36. The van der Waals surface area contributed by atoms with Crippen LogP contribution in [0.1, 0.15) is 24.0 Å². The number of hydrogen-bond donors (Lipinski definition) is 0. The smallest absolute Gasteiger partial charge is 0.264 e. The number of halogens is 4. The van der Waals surface area contributed by atoms with E-state index in [1.807, 2.05) is 12.1 Å². The van der Waals surface area contributed by atoms with E-state index in [0.717, 1.165) is 18.4 Å². The van der Waals surface area contributed by atoms with Gasteiger partial charge in [-0.25, -0.2) is 0 Å². The minimum atomic E-state index is -0.227. The zero-order valence-corrected chi connectivity index (χ0v) is 19.9. The minimum Gasteiger partial charge on any atom is -0.486 e. The maximum Gasteiger partial charge on any atom is 0.264 e. The van der Waals surface area contributed by atoms with Crippen LogP contribution in [0.4, 0.5) is 0 Å². The van der Waals surface area contributed by atoms with Gasteiger partial charge in [0.05, 0.1) is 8.95 Å². The molecule has 4 nitrogen and oxygen atoms in total. The fourth-order valence-electron chi connectivity index (χ4n) is 2.99. The zero-order valence-electron chi connectivity index (χ0n) is 15.2. The molecule has 0 saturated carbocycles. The number of nitrogens with zero attached hydrogens (tertiary/aromatic N) is 2. The Kier molecular flexibility index (Phi) is 7.64. The van der Waals surface area contributed by atoms with Crippen molar-refractivity contribution in [2.45, 2.75) is 19.4 Å². The van der Waals surface area contributed by atoms with Gasteiger partial charge in [-0.2, -0.15) is 5.26 Å². The molecule has 29 heavy (non-hydrogen) atoms. The number of amides is 1. The molecule has 0 bridgehead atoms. The van der Waals surface area contributed by atoms with E-state index in [0.29, 0.717) is 43.4 Å². The predicted molar refractivity (Wildman–Crippen MR) is 122 cm³/mol. The largest absolute Gasteiger partial charge is 0.486 e. The number of likely N-dealkylation sites (tertiary alicyclic amines) is 1. The average Bonchev–Trinajstić information content (AvgIpc) is 3.21. The van der Waals surface area contributed by atoms with Crippen molar-refractivity contribution in [3.8, 4) is 11.8 Å². The van der Waals surface area contributed by atoms with E-state index >= 15 is 0 Å². The van der Waals surface area contributed by atoms with E-state index in [4.69, 9.17) is 27.9 Å². The molecule has 2 aromatic carbocycles. The Balaban J connectivity index is 1.79. The van der Waals surface area contributed by atoms with Gasteiger partial charge < -0.3 is 9.64 Å². The Morgan fingerprint density at radius 3 is 2.41 bits per heavy atom. The van der Waals surface area contributed by atoms with Crippen LogP contribution < -0.4 is 4.74 Å². The summed E-state index contributed by atoms with van der Waals surface area (Å²) in [6, 6.07) is 10.9. The molecule has 8 heteroatoms. The van der Waals surface area contributed by atoms with Crippen molar-refractivity contribution < 1.29 is 9.53 Å². The van der Waals surface area contributed by atoms with Gasteiger partial charge in [0.2, 0.25) is 0 Å². The summed E-state index contributed by atoms with van der Waals surface area (Å²) in [5.41, 5.74) is 1.64. The molecule has 0 aliphatic carbocycles. The fourth-order valence-corrected chi connectivity index (χ4v) is 4.90. The predicted octanol–water partition coefficient (Wildman–Crippen LogP) is 6.63. The molecule has 3 rings (SSSR count). The van der Waals surface area contributed by atoms with Crippen LogP contribution in [0.5, 0.6) is 5.75 Å². The molecule has 1 fully saturated rings. The van der Waals surface area contributed by atoms with Gasteiger partial charge >= 0.3 is 0 Å². The van der Waals surface area contributed by atoms with Crippen molar-refractivity contribution in [3.05, 3.63) is 66.0 Å². The highest BCUT2D eigenvalue weighted by atomic mass is 79.9. The second kappa shape index (κ2) is 9.99. The lowest BCUT2D eigenvalue weighted by atomic mass is 10.1. The van der Waals surface area contributed by atoms with Crippen LogP contribution in [-0.4, -0.2) is 23.9 Å². The van der Waals surface area contributed by atoms with Crippen LogP contribution in [0.15, 0.2) is 44.9 Å². The first-order valence-electron chi connectivity index (χ1n) is 8.86. The minimum absolute atomic E-state index is 0.118. The van der Waals surface area contributed by atoms with Gasteiger partial charge in [0.1, 0.15) is 24.0 Å². The lowest BCUT2D eigenvalue weighted by Crippen LogP contribution is -2.28. The second-order valence-corrected chi connectivity index (χ2v) is 9.06. The molecule has 1 aliphatic heterocycles. The summed E-state index contributed by atoms with van der Waals surface area (Å²) < 4.78 is 7.29. The van der Waals surface area contributed by atoms with Crippen LogP contribution in [0.2, 0.25) is 10.0 Å². The first-order valence-corrected chi connectivity index (χ1v) is 11.2. The molecule has 1 saturated heterocycles. The summed E-state index contributed by atoms with van der Waals surface area (Å²) in [4.78, 5) is 14.2. The standard InChI is InChI=1S/C21H16Br2Cl2N2O2/c22-17-8-13(7-15(11-26)21(28)27-5-1-2-6-27)9-18(23)20(17)29-12-14-3-4-16(24)10-19(14)25/h3-4,7-10H,1-2,5-6,12H2/b15-7+. The lowest BCUT2D eigenvalue weighted by Gasteiger charge is -2.15. The number of benzene rings is 2. The van der Waals surface area contributed by atoms with Gasteiger partial charge in [0, 0.05) is 28.7 Å². The number of nitriles is 1. The highest BCUT2D eigenvalue weighted by Gasteiger charge is 2.21. The first kappa shape index (κ1) is 22.2. The maximum absolute atomic E-state index is 12.5. The quantitative estimate of drug-likeness (QED) is 0.306. The van der Waals surface area contributed by atoms with Crippen LogP contribution >= 0.6 is 55.1 Å². The highest BCUT2D eigenvalue weighted by molar-refractivity contribution is 9.11. The zero-order chi connectivity index (χ0) is 21.0. The molecule has 0 aromatic heterocycles. The van der Waals surface area contributed by atoms with Crippen LogP contribution in [0.25, 0.3) is 6.08 Å². The second-order valence-electron chi connectivity index (χ2n) is 6.51. The van der Waals surface area contributed by atoms with Gasteiger partial charge in [-0.3, -0.25) is 4.79 Å². The number of carbonyl (C=O) groups excluding carboxylic acids is 1. The van der Waals surface area contributed by atoms with Gasteiger partial charge in [-0.1, -0.05) is 29.3 Å². The van der Waals surface area contributed by atoms with Crippen molar-refractivity contribution in [2.75, 3.05) is 13.1 Å². The third-order valence-electron chi connectivity index (χ3n) is 4.46. The molecular weight excluding hydrogens is 543 g/mol. The van der Waals surface area contributed by atoms with Crippen molar-refractivity contribution in [1.82, 2.24) is 4.90 Å². The number of hydrogen-bond acceptors (Lipinski definition) is 3. The molecular formula is C21H16Br2Cl2N2O2. The molecule has 2 aromatic rings. The van der Waals surface area contributed by atoms with Crippen LogP contribution in [0.3, 0.4) is 0 Å². The first-order chi connectivity index (χ1) is 13.9. The van der Waals surface area contributed by atoms with Gasteiger partial charge in [0.25, 0.3) is 5.91 Å². The molecule has 0 unspecified atom stereocenters. The van der Waals surface area contributed by atoms with Crippen molar-refractivity contribution in [3.63, 3.8) is 0 Å². The van der Waals surface area contributed by atoms with Gasteiger partial charge in [0.15, 0.2) is 0 Å². The number of rotatable bonds is 5. The topological polar surface area (TPSA) is 53.3 Å². The van der Waals surface area contributed by atoms with E-state index in [-0.39, 0.29) is 18.1 Å². The third-order valence-corrected chi connectivity index (χ3v) is 6.23. The lowest BCUT2D eigenvalue weighted by molar-refractivity contribution is -0.125. The van der Waals surface area contributed by atoms with Crippen LogP contribution in [0, 0.1) is 11.3 Å². The van der Waals surface area contributed by atoms with E-state index in [9.17, 15) is 10.1 Å². The van der Waals surface area contributed by atoms with E-state index in [1.54, 1.807) is 35.2 Å². The molecule has 150 valence electrons. The van der Waals surface area contributed by atoms with E-state index < -0.39 is 0 Å². The third kappa shape index (κ3) is 5.55. The maximum atomic E-state index is 12.5. The van der Waals surface area contributed by atoms with Gasteiger partial charge in [-0.15, -0.1) is 0 Å².